The van der Waals surface area contributed by atoms with Crippen molar-refractivity contribution in [2.45, 2.75) is 16.3 Å². The van der Waals surface area contributed by atoms with E-state index in [1.54, 1.807) is 47.0 Å². The second-order valence-electron chi connectivity index (χ2n) is 6.47. The SMILES string of the molecule is O=C(CSc1nnc(NCc2ccc(F)cc2)s1)N1CCS[C@@H]1c1ccccc1F. The van der Waals surface area contributed by atoms with E-state index in [0.29, 0.717) is 28.1 Å². The van der Waals surface area contributed by atoms with E-state index >= 15 is 0 Å². The van der Waals surface area contributed by atoms with Crippen molar-refractivity contribution in [3.63, 3.8) is 0 Å². The smallest absolute Gasteiger partial charge is 0.234 e. The molecule has 1 N–H and O–H groups in total. The van der Waals surface area contributed by atoms with Crippen LogP contribution >= 0.6 is 34.9 Å². The lowest BCUT2D eigenvalue weighted by molar-refractivity contribution is -0.128. The van der Waals surface area contributed by atoms with Crippen molar-refractivity contribution in [2.24, 2.45) is 0 Å². The van der Waals surface area contributed by atoms with Crippen molar-refractivity contribution < 1.29 is 13.6 Å². The largest absolute Gasteiger partial charge is 0.356 e. The molecule has 1 aliphatic heterocycles. The number of thioether (sulfide) groups is 2. The fraction of sp³-hybridized carbons (Fsp3) is 0.250. The Labute approximate surface area is 185 Å². The van der Waals surface area contributed by atoms with Gasteiger partial charge in [0.1, 0.15) is 17.0 Å². The molecule has 1 amide bonds. The summed E-state index contributed by atoms with van der Waals surface area (Å²) in [5.74, 6) is 0.397. The van der Waals surface area contributed by atoms with Crippen LogP contribution in [0.25, 0.3) is 0 Å². The number of carbonyl (C=O) groups excluding carboxylic acids is 1. The Bertz CT molecular complexity index is 1020. The van der Waals surface area contributed by atoms with Gasteiger partial charge in [-0.05, 0) is 23.8 Å². The van der Waals surface area contributed by atoms with E-state index in [9.17, 15) is 13.6 Å². The molecule has 1 saturated heterocycles. The summed E-state index contributed by atoms with van der Waals surface area (Å²) < 4.78 is 27.8. The van der Waals surface area contributed by atoms with Gasteiger partial charge in [0.05, 0.1) is 5.75 Å². The third-order valence-electron chi connectivity index (χ3n) is 4.47. The van der Waals surface area contributed by atoms with Gasteiger partial charge >= 0.3 is 0 Å². The minimum atomic E-state index is -0.290. The predicted octanol–water partition coefficient (Wildman–Crippen LogP) is 4.79. The van der Waals surface area contributed by atoms with Crippen molar-refractivity contribution in [2.75, 3.05) is 23.4 Å². The molecule has 0 aliphatic carbocycles. The van der Waals surface area contributed by atoms with Crippen molar-refractivity contribution in [1.82, 2.24) is 15.1 Å². The molecule has 0 radical (unpaired) electrons. The lowest BCUT2D eigenvalue weighted by Gasteiger charge is -2.24. The molecule has 1 atom stereocenters. The van der Waals surface area contributed by atoms with Crippen molar-refractivity contribution in [3.05, 3.63) is 71.3 Å². The Balaban J connectivity index is 1.31. The van der Waals surface area contributed by atoms with E-state index in [4.69, 9.17) is 0 Å². The molecule has 30 heavy (non-hydrogen) atoms. The maximum atomic E-state index is 14.1. The summed E-state index contributed by atoms with van der Waals surface area (Å²) in [5, 5.41) is 11.7. The van der Waals surface area contributed by atoms with E-state index in [-0.39, 0.29) is 28.7 Å². The van der Waals surface area contributed by atoms with Gasteiger partial charge in [0.2, 0.25) is 11.0 Å². The summed E-state index contributed by atoms with van der Waals surface area (Å²) in [4.78, 5) is 14.5. The Morgan fingerprint density at radius 2 is 1.97 bits per heavy atom. The number of hydrogen-bond acceptors (Lipinski definition) is 7. The molecule has 1 aromatic heterocycles. The van der Waals surface area contributed by atoms with Crippen LogP contribution in [0.15, 0.2) is 52.9 Å². The molecular formula is C20H18F2N4OS3. The summed E-state index contributed by atoms with van der Waals surface area (Å²) in [6.45, 7) is 1.11. The Morgan fingerprint density at radius 1 is 1.17 bits per heavy atom. The summed E-state index contributed by atoms with van der Waals surface area (Å²) in [6, 6.07) is 12.8. The first kappa shape index (κ1) is 21.1. The van der Waals surface area contributed by atoms with Gasteiger partial charge in [-0.1, -0.05) is 53.4 Å². The average Bonchev–Trinajstić information content (AvgIpc) is 3.42. The highest BCUT2D eigenvalue weighted by atomic mass is 32.2. The first-order valence-corrected chi connectivity index (χ1v) is 12.1. The van der Waals surface area contributed by atoms with Gasteiger partial charge in [-0.25, -0.2) is 8.78 Å². The maximum absolute atomic E-state index is 14.1. The van der Waals surface area contributed by atoms with Gasteiger partial charge in [0.15, 0.2) is 4.34 Å². The van der Waals surface area contributed by atoms with Crippen LogP contribution in [-0.4, -0.2) is 39.1 Å². The molecule has 10 heteroatoms. The minimum absolute atomic E-state index is 0.0470. The van der Waals surface area contributed by atoms with E-state index in [2.05, 4.69) is 15.5 Å². The van der Waals surface area contributed by atoms with Gasteiger partial charge in [-0.2, -0.15) is 0 Å². The molecule has 0 unspecified atom stereocenters. The first-order chi connectivity index (χ1) is 14.6. The maximum Gasteiger partial charge on any atom is 0.234 e. The second kappa shape index (κ2) is 9.76. The van der Waals surface area contributed by atoms with E-state index < -0.39 is 0 Å². The zero-order valence-electron chi connectivity index (χ0n) is 15.8. The first-order valence-electron chi connectivity index (χ1n) is 9.20. The summed E-state index contributed by atoms with van der Waals surface area (Å²) in [6.07, 6.45) is 0. The zero-order valence-corrected chi connectivity index (χ0v) is 18.2. The lowest BCUT2D eigenvalue weighted by atomic mass is 10.2. The zero-order chi connectivity index (χ0) is 20.9. The van der Waals surface area contributed by atoms with Crippen LogP contribution in [0.2, 0.25) is 0 Å². The Hall–Kier alpha value is -2.17. The van der Waals surface area contributed by atoms with E-state index in [0.717, 1.165) is 11.3 Å². The molecule has 156 valence electrons. The highest BCUT2D eigenvalue weighted by Crippen LogP contribution is 2.39. The lowest BCUT2D eigenvalue weighted by Crippen LogP contribution is -2.32. The average molecular weight is 465 g/mol. The topological polar surface area (TPSA) is 58.1 Å². The van der Waals surface area contributed by atoms with Crippen LogP contribution in [0.5, 0.6) is 0 Å². The minimum Gasteiger partial charge on any atom is -0.356 e. The number of rotatable bonds is 7. The third kappa shape index (κ3) is 5.11. The fourth-order valence-electron chi connectivity index (χ4n) is 2.98. The van der Waals surface area contributed by atoms with E-state index in [1.165, 1.54) is 41.3 Å². The van der Waals surface area contributed by atoms with Crippen LogP contribution in [0.3, 0.4) is 0 Å². The highest BCUT2D eigenvalue weighted by molar-refractivity contribution is 8.01. The van der Waals surface area contributed by atoms with Gasteiger partial charge in [0, 0.05) is 24.4 Å². The van der Waals surface area contributed by atoms with Crippen LogP contribution in [-0.2, 0) is 11.3 Å². The molecule has 1 aliphatic rings. The molecule has 3 aromatic rings. The van der Waals surface area contributed by atoms with Crippen molar-refractivity contribution in [1.29, 1.82) is 0 Å². The van der Waals surface area contributed by atoms with Gasteiger partial charge in [-0.3, -0.25) is 4.79 Å². The number of hydrogen-bond donors (Lipinski definition) is 1. The summed E-state index contributed by atoms with van der Waals surface area (Å²) in [5.41, 5.74) is 1.48. The van der Waals surface area contributed by atoms with Gasteiger partial charge < -0.3 is 10.2 Å². The molecule has 0 saturated carbocycles. The number of carbonyl (C=O) groups is 1. The van der Waals surface area contributed by atoms with Crippen LogP contribution < -0.4 is 5.32 Å². The number of aromatic nitrogens is 2. The molecule has 5 nitrogen and oxygen atoms in total. The fourth-order valence-corrected chi connectivity index (χ4v) is 5.92. The van der Waals surface area contributed by atoms with Crippen LogP contribution in [0.1, 0.15) is 16.5 Å². The number of anilines is 1. The van der Waals surface area contributed by atoms with Crippen molar-refractivity contribution in [3.8, 4) is 0 Å². The molecule has 0 bridgehead atoms. The molecule has 0 spiro atoms. The van der Waals surface area contributed by atoms with Crippen LogP contribution in [0.4, 0.5) is 13.9 Å². The van der Waals surface area contributed by atoms with Gasteiger partial charge in [0.25, 0.3) is 0 Å². The number of nitrogens with zero attached hydrogens (tertiary/aromatic N) is 3. The quantitative estimate of drug-likeness (QED) is 0.507. The number of benzene rings is 2. The standard InChI is InChI=1S/C20H18F2N4OS3/c21-14-7-5-13(6-8-14)11-23-19-24-25-20(30-19)29-12-17(27)26-9-10-28-18(26)15-3-1-2-4-16(15)22/h1-8,18H,9-12H2,(H,23,24)/t18-/m1/s1. The van der Waals surface area contributed by atoms with E-state index in [1.807, 2.05) is 0 Å². The predicted molar refractivity (Wildman–Crippen MR) is 118 cm³/mol. The normalized spacial score (nSPS) is 16.1. The number of amides is 1. The molecule has 2 aromatic carbocycles. The summed E-state index contributed by atoms with van der Waals surface area (Å²) >= 11 is 4.26. The Morgan fingerprint density at radius 3 is 2.77 bits per heavy atom. The van der Waals surface area contributed by atoms with Gasteiger partial charge in [-0.15, -0.1) is 22.0 Å². The Kier molecular flexibility index (Phi) is 6.86. The molecule has 1 fully saturated rings. The van der Waals surface area contributed by atoms with Crippen molar-refractivity contribution >= 4 is 45.9 Å². The number of nitrogens with one attached hydrogen (secondary N) is 1. The molecule has 4 rings (SSSR count). The molecule has 2 heterocycles. The number of halogens is 2. The highest BCUT2D eigenvalue weighted by Gasteiger charge is 2.32. The van der Waals surface area contributed by atoms with Crippen LogP contribution in [0, 0.1) is 11.6 Å². The third-order valence-corrected chi connectivity index (χ3v) is 7.71. The molecular weight excluding hydrogens is 446 g/mol. The second-order valence-corrected chi connectivity index (χ2v) is 9.86. The monoisotopic (exact) mass is 464 g/mol. The summed E-state index contributed by atoms with van der Waals surface area (Å²) in [7, 11) is 0.